The Morgan fingerprint density at radius 2 is 1.69 bits per heavy atom. The van der Waals surface area contributed by atoms with Gasteiger partial charge in [-0.2, -0.15) is 0 Å². The third-order valence-corrected chi connectivity index (χ3v) is 8.83. The van der Waals surface area contributed by atoms with E-state index >= 15 is 0 Å². The van der Waals surface area contributed by atoms with Gasteiger partial charge in [-0.05, 0) is 66.7 Å². The number of nitrogens with zero attached hydrogens (tertiary/aromatic N) is 3. The molecule has 2 aliphatic rings. The van der Waals surface area contributed by atoms with Crippen LogP contribution >= 0.6 is 19.2 Å². The first kappa shape index (κ1) is 27.3. The molecule has 0 amide bonds. The second kappa shape index (κ2) is 9.86. The van der Waals surface area contributed by atoms with E-state index in [2.05, 4.69) is 36.3 Å². The summed E-state index contributed by atoms with van der Waals surface area (Å²) in [5.41, 5.74) is 1.80. The van der Waals surface area contributed by atoms with E-state index in [0.717, 1.165) is 54.0 Å². The second-order valence-electron chi connectivity index (χ2n) is 11.8. The highest BCUT2D eigenvalue weighted by Gasteiger charge is 2.41. The average molecular weight is 536 g/mol. The highest BCUT2D eigenvalue weighted by Crippen LogP contribution is 2.55. The molecule has 2 aromatic rings. The average Bonchev–Trinajstić information content (AvgIpc) is 3.02. The number of fused-ring (bicyclic) bond motifs is 2. The molecule has 3 heterocycles. The van der Waals surface area contributed by atoms with E-state index in [9.17, 15) is 4.57 Å². The van der Waals surface area contributed by atoms with Gasteiger partial charge in [0.1, 0.15) is 10.8 Å². The Morgan fingerprint density at radius 1 is 1.08 bits per heavy atom. The number of hydrogen-bond acceptors (Lipinski definition) is 8. The molecule has 10 heteroatoms. The molecule has 1 aromatic heterocycles. The number of phosphoric ester groups is 1. The quantitative estimate of drug-likeness (QED) is 0.341. The molecule has 4 rings (SSSR count). The van der Waals surface area contributed by atoms with Crippen molar-refractivity contribution >= 4 is 41.4 Å². The molecule has 8 nitrogen and oxygen atoms in total. The molecular formula is C26H40N4O4PS+. The number of para-hydroxylation sites is 2. The minimum absolute atomic E-state index is 0.247. The number of thiophene rings is 1. The molecule has 0 atom stereocenters. The van der Waals surface area contributed by atoms with Gasteiger partial charge in [0.2, 0.25) is 0 Å². The third-order valence-electron chi connectivity index (χ3n) is 5.89. The molecule has 2 aliphatic heterocycles. The molecular weight excluding hydrogens is 495 g/mol. The topological polar surface area (TPSA) is 72.4 Å². The van der Waals surface area contributed by atoms with Gasteiger partial charge in [-0.3, -0.25) is 9.05 Å². The van der Waals surface area contributed by atoms with Gasteiger partial charge in [0.15, 0.2) is 6.73 Å². The maximum Gasteiger partial charge on any atom is 0.480 e. The highest BCUT2D eigenvalue weighted by atomic mass is 32.1. The van der Waals surface area contributed by atoms with Crippen LogP contribution in [0, 0.1) is 6.92 Å². The Bertz CT molecular complexity index is 1150. The molecule has 36 heavy (non-hydrogen) atoms. The van der Waals surface area contributed by atoms with Crippen molar-refractivity contribution in [3.63, 3.8) is 0 Å². The van der Waals surface area contributed by atoms with Crippen LogP contribution in [-0.2, 0) is 18.1 Å². The SMILES string of the molecule is Cc1cc2c(s1)Nc1ccccc1N=C2N1CC[N+](C)(COP(=O)(OC(C)(C)C)OC(C)(C)C)CC1. The van der Waals surface area contributed by atoms with Crippen molar-refractivity contribution in [2.24, 2.45) is 4.99 Å². The number of rotatable bonds is 5. The first-order valence-corrected chi connectivity index (χ1v) is 14.7. The summed E-state index contributed by atoms with van der Waals surface area (Å²) in [7, 11) is -1.63. The number of nitrogens with one attached hydrogen (secondary N) is 1. The fraction of sp³-hybridized carbons (Fsp3) is 0.577. The monoisotopic (exact) mass is 535 g/mol. The van der Waals surface area contributed by atoms with Crippen LogP contribution in [0.25, 0.3) is 0 Å². The van der Waals surface area contributed by atoms with Gasteiger partial charge in [-0.25, -0.2) is 14.1 Å². The van der Waals surface area contributed by atoms with Crippen molar-refractivity contribution in [1.82, 2.24) is 4.90 Å². The summed E-state index contributed by atoms with van der Waals surface area (Å²) in [6.07, 6.45) is 0. The number of phosphoric acid groups is 1. The van der Waals surface area contributed by atoms with Gasteiger partial charge in [0, 0.05) is 4.88 Å². The number of benzene rings is 1. The van der Waals surface area contributed by atoms with Crippen molar-refractivity contribution in [2.75, 3.05) is 45.3 Å². The molecule has 0 radical (unpaired) electrons. The number of likely N-dealkylation sites (N-methyl/N-ethyl adjacent to an activating group) is 1. The summed E-state index contributed by atoms with van der Waals surface area (Å²) in [6, 6.07) is 10.4. The van der Waals surface area contributed by atoms with E-state index < -0.39 is 19.0 Å². The number of hydrogen-bond donors (Lipinski definition) is 1. The summed E-state index contributed by atoms with van der Waals surface area (Å²) in [5, 5.41) is 4.70. The number of piperazine rings is 1. The Morgan fingerprint density at radius 3 is 2.31 bits per heavy atom. The van der Waals surface area contributed by atoms with Gasteiger partial charge < -0.3 is 14.7 Å². The maximum atomic E-state index is 13.5. The molecule has 1 fully saturated rings. The fourth-order valence-corrected chi connectivity index (χ4v) is 7.05. The predicted molar refractivity (Wildman–Crippen MR) is 148 cm³/mol. The summed E-state index contributed by atoms with van der Waals surface area (Å²) >= 11 is 1.75. The van der Waals surface area contributed by atoms with E-state index in [0.29, 0.717) is 4.48 Å². The largest absolute Gasteiger partial charge is 0.480 e. The zero-order valence-electron chi connectivity index (χ0n) is 22.8. The molecule has 0 saturated carbocycles. The molecule has 1 saturated heterocycles. The van der Waals surface area contributed by atoms with Crippen LogP contribution in [0.5, 0.6) is 0 Å². The van der Waals surface area contributed by atoms with Crippen LogP contribution in [0.15, 0.2) is 35.3 Å². The van der Waals surface area contributed by atoms with E-state index in [4.69, 9.17) is 18.6 Å². The van der Waals surface area contributed by atoms with Crippen molar-refractivity contribution < 1.29 is 22.6 Å². The van der Waals surface area contributed by atoms with Crippen molar-refractivity contribution in [1.29, 1.82) is 0 Å². The van der Waals surface area contributed by atoms with Crippen molar-refractivity contribution in [2.45, 2.75) is 59.7 Å². The van der Waals surface area contributed by atoms with Gasteiger partial charge in [-0.15, -0.1) is 11.3 Å². The lowest BCUT2D eigenvalue weighted by Crippen LogP contribution is -2.59. The Labute approximate surface area is 219 Å². The molecule has 1 aromatic carbocycles. The van der Waals surface area contributed by atoms with E-state index in [1.54, 1.807) is 11.3 Å². The maximum absolute atomic E-state index is 13.5. The molecule has 0 aliphatic carbocycles. The summed E-state index contributed by atoms with van der Waals surface area (Å²) in [5.74, 6) is 0.997. The van der Waals surface area contributed by atoms with Gasteiger partial charge in [0.05, 0.1) is 61.4 Å². The normalized spacial score (nSPS) is 18.1. The smallest absolute Gasteiger partial charge is 0.345 e. The van der Waals surface area contributed by atoms with Crippen LogP contribution in [0.1, 0.15) is 52.0 Å². The first-order valence-electron chi connectivity index (χ1n) is 12.4. The summed E-state index contributed by atoms with van der Waals surface area (Å²) in [4.78, 5) is 8.70. The minimum atomic E-state index is -3.76. The van der Waals surface area contributed by atoms with Crippen molar-refractivity contribution in [3.05, 3.63) is 40.8 Å². The number of quaternary nitrogens is 1. The lowest BCUT2D eigenvalue weighted by Gasteiger charge is -2.43. The number of aliphatic imine (C=N–C) groups is 1. The standard InChI is InChI=1S/C26H40N4O4PS/c1-19-17-20-23(27-21-11-9-10-12-22(21)28-24(20)36-19)29-13-15-30(8,16-14-29)18-32-35(31,33-25(2,3)4)34-26(5,6)7/h9-12,17,28H,13-16,18H2,1-8H3/q+1. The number of aryl methyl sites for hydroxylation is 1. The fourth-order valence-electron chi connectivity index (χ4n) is 4.23. The van der Waals surface area contributed by atoms with E-state index in [1.807, 2.05) is 59.7 Å². The zero-order chi connectivity index (χ0) is 26.4. The molecule has 0 unspecified atom stereocenters. The van der Waals surface area contributed by atoms with Gasteiger partial charge in [-0.1, -0.05) is 12.1 Å². The Kier molecular flexibility index (Phi) is 7.47. The van der Waals surface area contributed by atoms with Crippen LogP contribution in [0.3, 0.4) is 0 Å². The predicted octanol–water partition coefficient (Wildman–Crippen LogP) is 6.67. The summed E-state index contributed by atoms with van der Waals surface area (Å²) < 4.78 is 31.7. The first-order chi connectivity index (χ1) is 16.6. The van der Waals surface area contributed by atoms with Crippen LogP contribution in [-0.4, -0.2) is 66.4 Å². The van der Waals surface area contributed by atoms with Crippen LogP contribution in [0.2, 0.25) is 0 Å². The van der Waals surface area contributed by atoms with E-state index in [1.165, 1.54) is 4.88 Å². The van der Waals surface area contributed by atoms with Gasteiger partial charge in [0.25, 0.3) is 0 Å². The number of amidine groups is 1. The lowest BCUT2D eigenvalue weighted by atomic mass is 10.2. The third kappa shape index (κ3) is 6.77. The van der Waals surface area contributed by atoms with Crippen molar-refractivity contribution in [3.8, 4) is 0 Å². The zero-order valence-corrected chi connectivity index (χ0v) is 24.5. The lowest BCUT2D eigenvalue weighted by molar-refractivity contribution is -0.928. The van der Waals surface area contributed by atoms with Crippen LogP contribution < -0.4 is 5.32 Å². The second-order valence-corrected chi connectivity index (χ2v) is 14.6. The van der Waals surface area contributed by atoms with Gasteiger partial charge >= 0.3 is 7.82 Å². The molecule has 0 bridgehead atoms. The summed E-state index contributed by atoms with van der Waals surface area (Å²) in [6.45, 7) is 16.7. The minimum Gasteiger partial charge on any atom is -0.345 e. The van der Waals surface area contributed by atoms with E-state index in [-0.39, 0.29) is 6.73 Å². The molecule has 198 valence electrons. The Hall–Kier alpha value is -1.74. The highest BCUT2D eigenvalue weighted by molar-refractivity contribution is 7.48. The van der Waals surface area contributed by atoms with Crippen LogP contribution in [0.4, 0.5) is 16.4 Å². The Balaban J connectivity index is 1.49. The molecule has 1 N–H and O–H groups in total. The molecule has 0 spiro atoms. The number of anilines is 2.